The van der Waals surface area contributed by atoms with Crippen LogP contribution in [0.1, 0.15) is 5.56 Å². The molecular weight excluding hydrogens is 146 g/mol. The number of hydrogen-bond donors (Lipinski definition) is 0. The molecule has 56 valence electrons. The summed E-state index contributed by atoms with van der Waals surface area (Å²) in [5.74, 6) is 0. The minimum atomic E-state index is 0.744. The molecule has 2 aromatic carbocycles. The topological polar surface area (TPSA) is 23.8 Å². The average molecular weight is 153 g/mol. The van der Waals surface area contributed by atoms with E-state index in [2.05, 4.69) is 6.07 Å². The lowest BCUT2D eigenvalue weighted by Crippen LogP contribution is -1.77. The molecule has 0 N–H and O–H groups in total. The van der Waals surface area contributed by atoms with E-state index in [4.69, 9.17) is 5.26 Å². The van der Waals surface area contributed by atoms with Crippen molar-refractivity contribution in [3.63, 3.8) is 0 Å². The summed E-state index contributed by atoms with van der Waals surface area (Å²) in [4.78, 5) is 0. The van der Waals surface area contributed by atoms with Crippen LogP contribution < -0.4 is 0 Å². The Balaban J connectivity index is 2.91. The Bertz CT molecular complexity index is 447. The van der Waals surface area contributed by atoms with Gasteiger partial charge in [-0.25, -0.2) is 0 Å². The molecule has 12 heavy (non-hydrogen) atoms. The van der Waals surface area contributed by atoms with Crippen LogP contribution in [-0.2, 0) is 0 Å². The molecule has 0 spiro atoms. The number of nitriles is 1. The summed E-state index contributed by atoms with van der Waals surface area (Å²) < 4.78 is 0. The fourth-order valence-corrected chi connectivity index (χ4v) is 1.32. The van der Waals surface area contributed by atoms with Gasteiger partial charge in [-0.2, -0.15) is 5.26 Å². The van der Waals surface area contributed by atoms with Crippen LogP contribution in [0.2, 0.25) is 0 Å². The second-order valence-corrected chi connectivity index (χ2v) is 2.64. The average Bonchev–Trinajstić information content (AvgIpc) is 2.17. The summed E-state index contributed by atoms with van der Waals surface area (Å²) in [6, 6.07) is 15.8. The summed E-state index contributed by atoms with van der Waals surface area (Å²) in [5, 5.41) is 10.9. The second-order valence-electron chi connectivity index (χ2n) is 2.64. The third kappa shape index (κ3) is 0.943. The van der Waals surface area contributed by atoms with E-state index in [1.807, 2.05) is 42.5 Å². The van der Waals surface area contributed by atoms with Gasteiger partial charge in [-0.3, -0.25) is 0 Å². The monoisotopic (exact) mass is 153 g/mol. The molecule has 0 aromatic heterocycles. The minimum absolute atomic E-state index is 0.744. The number of nitrogens with zero attached hydrogens (tertiary/aromatic N) is 1. The number of hydrogen-bond acceptors (Lipinski definition) is 1. The highest BCUT2D eigenvalue weighted by atomic mass is 14.2. The van der Waals surface area contributed by atoms with E-state index in [9.17, 15) is 0 Å². The zero-order valence-electron chi connectivity index (χ0n) is 6.49. The van der Waals surface area contributed by atoms with E-state index in [1.54, 1.807) is 0 Å². The Hall–Kier alpha value is -1.81. The molecule has 0 heterocycles. The van der Waals surface area contributed by atoms with Crippen LogP contribution in [0.25, 0.3) is 10.8 Å². The van der Waals surface area contributed by atoms with E-state index < -0.39 is 0 Å². The number of fused-ring (bicyclic) bond motifs is 1. The van der Waals surface area contributed by atoms with Crippen molar-refractivity contribution in [2.45, 2.75) is 0 Å². The van der Waals surface area contributed by atoms with Crippen LogP contribution in [0.3, 0.4) is 0 Å². The van der Waals surface area contributed by atoms with Gasteiger partial charge < -0.3 is 0 Å². The molecule has 0 saturated heterocycles. The highest BCUT2D eigenvalue weighted by molar-refractivity contribution is 5.87. The van der Waals surface area contributed by atoms with Gasteiger partial charge in [0.05, 0.1) is 11.6 Å². The summed E-state index contributed by atoms with van der Waals surface area (Å²) in [5.41, 5.74) is 0.744. The molecule has 0 aliphatic carbocycles. The largest absolute Gasteiger partial charge is 0.192 e. The van der Waals surface area contributed by atoms with Gasteiger partial charge in [0.1, 0.15) is 0 Å². The van der Waals surface area contributed by atoms with Gasteiger partial charge in [0.25, 0.3) is 0 Å². The van der Waals surface area contributed by atoms with Gasteiger partial charge in [0.2, 0.25) is 0 Å². The highest BCUT2D eigenvalue weighted by Gasteiger charge is 1.96. The van der Waals surface area contributed by atoms with E-state index in [-0.39, 0.29) is 0 Å². The molecule has 0 aliphatic heterocycles. The van der Waals surface area contributed by atoms with E-state index in [0.29, 0.717) is 0 Å². The molecule has 0 atom stereocenters. The van der Waals surface area contributed by atoms with Crippen LogP contribution in [-0.4, -0.2) is 0 Å². The Labute approximate surface area is 70.9 Å². The normalized spacial score (nSPS) is 9.58. The van der Waals surface area contributed by atoms with Crippen molar-refractivity contribution in [1.82, 2.24) is 0 Å². The fraction of sp³-hybridized carbons (Fsp3) is 0. The van der Waals surface area contributed by atoms with Crippen LogP contribution in [0.4, 0.5) is 0 Å². The Morgan fingerprint density at radius 3 is 2.50 bits per heavy atom. The van der Waals surface area contributed by atoms with Gasteiger partial charge in [-0.1, -0.05) is 36.4 Å². The zero-order valence-corrected chi connectivity index (χ0v) is 6.49. The summed E-state index contributed by atoms with van der Waals surface area (Å²) >= 11 is 0. The van der Waals surface area contributed by atoms with E-state index in [1.165, 1.54) is 0 Å². The van der Waals surface area contributed by atoms with Crippen LogP contribution in [0.15, 0.2) is 42.5 Å². The second kappa shape index (κ2) is 2.67. The molecule has 0 unspecified atom stereocenters. The molecule has 0 aliphatic rings. The highest BCUT2D eigenvalue weighted by Crippen LogP contribution is 2.16. The maximum atomic E-state index is 8.79. The number of benzene rings is 2. The van der Waals surface area contributed by atoms with Crippen molar-refractivity contribution in [2.75, 3.05) is 0 Å². The molecule has 0 bridgehead atoms. The molecule has 1 heteroatoms. The van der Waals surface area contributed by atoms with Crippen LogP contribution >= 0.6 is 0 Å². The summed E-state index contributed by atoms with van der Waals surface area (Å²) in [6.45, 7) is 0. The van der Waals surface area contributed by atoms with Crippen molar-refractivity contribution < 1.29 is 0 Å². The fourth-order valence-electron chi connectivity index (χ4n) is 1.32. The van der Waals surface area contributed by atoms with Gasteiger partial charge in [0.15, 0.2) is 0 Å². The Morgan fingerprint density at radius 1 is 0.917 bits per heavy atom. The first kappa shape index (κ1) is 6.87. The number of rotatable bonds is 0. The summed E-state index contributed by atoms with van der Waals surface area (Å²) in [7, 11) is 0. The van der Waals surface area contributed by atoms with Gasteiger partial charge in [0, 0.05) is 0 Å². The quantitative estimate of drug-likeness (QED) is 0.570. The van der Waals surface area contributed by atoms with Gasteiger partial charge >= 0.3 is 0 Å². The van der Waals surface area contributed by atoms with Gasteiger partial charge in [-0.15, -0.1) is 0 Å². The van der Waals surface area contributed by atoms with Crippen molar-refractivity contribution in [2.24, 2.45) is 0 Å². The molecule has 0 amide bonds. The van der Waals surface area contributed by atoms with Crippen molar-refractivity contribution in [3.8, 4) is 6.07 Å². The third-order valence-corrected chi connectivity index (χ3v) is 1.91. The zero-order chi connectivity index (χ0) is 8.39. The SMILES string of the molecule is N#Cc1cccc2ccccc12. The lowest BCUT2D eigenvalue weighted by atomic mass is 10.1. The predicted molar refractivity (Wildman–Crippen MR) is 48.7 cm³/mol. The maximum absolute atomic E-state index is 8.79. The van der Waals surface area contributed by atoms with Crippen molar-refractivity contribution in [1.29, 1.82) is 5.26 Å². The molecule has 2 aromatic rings. The van der Waals surface area contributed by atoms with Crippen molar-refractivity contribution in [3.05, 3.63) is 48.0 Å². The van der Waals surface area contributed by atoms with E-state index >= 15 is 0 Å². The molecule has 0 radical (unpaired) electrons. The Morgan fingerprint density at radius 2 is 1.67 bits per heavy atom. The predicted octanol–water partition coefficient (Wildman–Crippen LogP) is 2.71. The lowest BCUT2D eigenvalue weighted by molar-refractivity contribution is 1.50. The first-order valence-corrected chi connectivity index (χ1v) is 3.79. The first-order valence-electron chi connectivity index (χ1n) is 3.79. The first-order chi connectivity index (χ1) is 5.92. The van der Waals surface area contributed by atoms with Gasteiger partial charge in [-0.05, 0) is 16.8 Å². The van der Waals surface area contributed by atoms with Crippen LogP contribution in [0.5, 0.6) is 0 Å². The third-order valence-electron chi connectivity index (χ3n) is 1.91. The van der Waals surface area contributed by atoms with Crippen LogP contribution in [0, 0.1) is 11.3 Å². The molecule has 0 saturated carbocycles. The molecular formula is C11H7N. The molecule has 0 fully saturated rings. The standard InChI is InChI=1S/C11H7N/c12-8-10-6-3-5-9-4-1-2-7-11(9)10/h1-7H. The lowest BCUT2D eigenvalue weighted by Gasteiger charge is -1.97. The maximum Gasteiger partial charge on any atom is 0.0998 e. The van der Waals surface area contributed by atoms with E-state index in [0.717, 1.165) is 16.3 Å². The molecule has 1 nitrogen and oxygen atoms in total. The molecule has 2 rings (SSSR count). The smallest absolute Gasteiger partial charge is 0.0998 e. The summed E-state index contributed by atoms with van der Waals surface area (Å²) in [6.07, 6.45) is 0. The Kier molecular flexibility index (Phi) is 1.53. The van der Waals surface area contributed by atoms with Crippen molar-refractivity contribution >= 4 is 10.8 Å². The minimum Gasteiger partial charge on any atom is -0.192 e.